The van der Waals surface area contributed by atoms with Crippen LogP contribution in [0.2, 0.25) is 0 Å². The molecule has 0 radical (unpaired) electrons. The summed E-state index contributed by atoms with van der Waals surface area (Å²) in [6.45, 7) is 5.61. The topological polar surface area (TPSA) is 144 Å². The van der Waals surface area contributed by atoms with Gasteiger partial charge in [0.25, 0.3) is 0 Å². The van der Waals surface area contributed by atoms with Gasteiger partial charge in [0.15, 0.2) is 11.5 Å². The number of ether oxygens (including phenoxy) is 4. The molecule has 11 heteroatoms. The Hall–Kier alpha value is -3.31. The van der Waals surface area contributed by atoms with Crippen molar-refractivity contribution in [2.24, 2.45) is 0 Å². The van der Waals surface area contributed by atoms with E-state index in [1.54, 1.807) is 39.5 Å². The molecule has 1 heterocycles. The van der Waals surface area contributed by atoms with Gasteiger partial charge in [0.2, 0.25) is 5.75 Å². The van der Waals surface area contributed by atoms with Crippen molar-refractivity contribution in [1.29, 1.82) is 0 Å². The molecule has 0 amide bonds. The SMILES string of the molecule is COc1ccc(C=CC(=O)OCCCN2CCCNCC2)c(OC)c1OC.O=C(O)C(=O)O. The summed E-state index contributed by atoms with van der Waals surface area (Å²) < 4.78 is 21.3. The largest absolute Gasteiger partial charge is 0.493 e. The zero-order valence-corrected chi connectivity index (χ0v) is 19.2. The minimum absolute atomic E-state index is 0.371. The number of carbonyl (C=O) groups is 3. The van der Waals surface area contributed by atoms with Gasteiger partial charge in [-0.25, -0.2) is 14.4 Å². The third kappa shape index (κ3) is 10.2. The minimum atomic E-state index is -1.82. The van der Waals surface area contributed by atoms with E-state index in [9.17, 15) is 4.79 Å². The number of nitrogens with zero attached hydrogens (tertiary/aromatic N) is 1. The van der Waals surface area contributed by atoms with Crippen molar-refractivity contribution in [2.75, 3.05) is 60.7 Å². The van der Waals surface area contributed by atoms with E-state index in [0.29, 0.717) is 29.4 Å². The summed E-state index contributed by atoms with van der Waals surface area (Å²) in [6.07, 6.45) is 5.05. The molecule has 0 saturated carbocycles. The number of methoxy groups -OCH3 is 3. The first-order valence-corrected chi connectivity index (χ1v) is 10.4. The Kier molecular flexibility index (Phi) is 13.0. The molecule has 0 atom stereocenters. The van der Waals surface area contributed by atoms with E-state index in [2.05, 4.69) is 10.2 Å². The number of carboxylic acids is 2. The zero-order valence-electron chi connectivity index (χ0n) is 19.2. The molecule has 1 aliphatic heterocycles. The van der Waals surface area contributed by atoms with E-state index >= 15 is 0 Å². The predicted molar refractivity (Wildman–Crippen MR) is 120 cm³/mol. The van der Waals surface area contributed by atoms with Gasteiger partial charge in [0.1, 0.15) is 0 Å². The molecule has 184 valence electrons. The lowest BCUT2D eigenvalue weighted by Gasteiger charge is -2.18. The molecule has 33 heavy (non-hydrogen) atoms. The first kappa shape index (κ1) is 27.7. The van der Waals surface area contributed by atoms with E-state index in [-0.39, 0.29) is 5.97 Å². The maximum atomic E-state index is 12.0. The molecule has 0 unspecified atom stereocenters. The molecular weight excluding hydrogens is 436 g/mol. The summed E-state index contributed by atoms with van der Waals surface area (Å²) >= 11 is 0. The van der Waals surface area contributed by atoms with Gasteiger partial charge in [-0.05, 0) is 44.1 Å². The Morgan fingerprint density at radius 3 is 2.30 bits per heavy atom. The Bertz CT molecular complexity index is 791. The van der Waals surface area contributed by atoms with Crippen LogP contribution in [0.1, 0.15) is 18.4 Å². The highest BCUT2D eigenvalue weighted by Crippen LogP contribution is 2.40. The highest BCUT2D eigenvalue weighted by molar-refractivity contribution is 6.27. The maximum absolute atomic E-state index is 12.0. The van der Waals surface area contributed by atoms with Crippen molar-refractivity contribution in [3.63, 3.8) is 0 Å². The second-order valence-electron chi connectivity index (χ2n) is 6.83. The summed E-state index contributed by atoms with van der Waals surface area (Å²) in [5.41, 5.74) is 0.712. The predicted octanol–water partition coefficient (Wildman–Crippen LogP) is 1.11. The summed E-state index contributed by atoms with van der Waals surface area (Å²) in [7, 11) is 4.65. The van der Waals surface area contributed by atoms with Crippen molar-refractivity contribution in [2.45, 2.75) is 12.8 Å². The van der Waals surface area contributed by atoms with E-state index in [1.807, 2.05) is 0 Å². The molecule has 1 fully saturated rings. The molecule has 1 saturated heterocycles. The average Bonchev–Trinajstić information content (AvgIpc) is 3.08. The normalized spacial score (nSPS) is 13.9. The fourth-order valence-corrected chi connectivity index (χ4v) is 3.05. The van der Waals surface area contributed by atoms with Crippen LogP contribution in [-0.4, -0.2) is 93.7 Å². The number of hydrogen-bond donors (Lipinski definition) is 3. The minimum Gasteiger partial charge on any atom is -0.493 e. The third-order valence-electron chi connectivity index (χ3n) is 4.61. The van der Waals surface area contributed by atoms with Gasteiger partial charge in [-0.2, -0.15) is 0 Å². The van der Waals surface area contributed by atoms with Crippen LogP contribution in [0.25, 0.3) is 6.08 Å². The molecule has 3 N–H and O–H groups in total. The van der Waals surface area contributed by atoms with Crippen LogP contribution in [0.5, 0.6) is 17.2 Å². The number of rotatable bonds is 9. The molecular formula is C22H32N2O9. The Labute approximate surface area is 192 Å². The van der Waals surface area contributed by atoms with E-state index in [4.69, 9.17) is 38.7 Å². The molecule has 2 rings (SSSR count). The van der Waals surface area contributed by atoms with Crippen LogP contribution >= 0.6 is 0 Å². The van der Waals surface area contributed by atoms with Crippen LogP contribution in [0.4, 0.5) is 0 Å². The van der Waals surface area contributed by atoms with E-state index < -0.39 is 11.9 Å². The Balaban J connectivity index is 0.000000801. The van der Waals surface area contributed by atoms with Gasteiger partial charge < -0.3 is 39.4 Å². The highest BCUT2D eigenvalue weighted by Gasteiger charge is 2.14. The fraction of sp³-hybridized carbons (Fsp3) is 0.500. The standard InChI is InChI=1S/C20H30N2O5.C2H2O4/c1-24-17-8-6-16(19(25-2)20(17)26-3)7-9-18(23)27-15-5-13-22-12-4-10-21-11-14-22;3-1(4)2(5)6/h6-9,21H,4-5,10-15H2,1-3H3;(H,3,4)(H,5,6). The summed E-state index contributed by atoms with van der Waals surface area (Å²) in [5.74, 6) is -2.45. The summed E-state index contributed by atoms with van der Waals surface area (Å²) in [5, 5.41) is 18.2. The molecule has 0 aliphatic carbocycles. The van der Waals surface area contributed by atoms with Crippen molar-refractivity contribution in [1.82, 2.24) is 10.2 Å². The lowest BCUT2D eigenvalue weighted by atomic mass is 10.1. The number of aliphatic carboxylic acids is 2. The summed E-state index contributed by atoms with van der Waals surface area (Å²) in [4.78, 5) is 32.6. The average molecular weight is 469 g/mol. The van der Waals surface area contributed by atoms with Crippen molar-refractivity contribution >= 4 is 24.0 Å². The van der Waals surface area contributed by atoms with Gasteiger partial charge in [-0.15, -0.1) is 0 Å². The fourth-order valence-electron chi connectivity index (χ4n) is 3.05. The molecule has 1 aromatic carbocycles. The van der Waals surface area contributed by atoms with E-state index in [1.165, 1.54) is 6.08 Å². The van der Waals surface area contributed by atoms with Gasteiger partial charge in [0, 0.05) is 31.3 Å². The quantitative estimate of drug-likeness (QED) is 0.207. The number of carbonyl (C=O) groups excluding carboxylic acids is 1. The first-order valence-electron chi connectivity index (χ1n) is 10.4. The number of carboxylic acid groups (broad SMARTS) is 2. The lowest BCUT2D eigenvalue weighted by Crippen LogP contribution is -2.29. The lowest BCUT2D eigenvalue weighted by molar-refractivity contribution is -0.159. The second-order valence-corrected chi connectivity index (χ2v) is 6.83. The summed E-state index contributed by atoms with van der Waals surface area (Å²) in [6, 6.07) is 3.57. The van der Waals surface area contributed by atoms with Crippen LogP contribution < -0.4 is 19.5 Å². The van der Waals surface area contributed by atoms with Gasteiger partial charge in [-0.1, -0.05) is 0 Å². The Morgan fingerprint density at radius 1 is 1.00 bits per heavy atom. The van der Waals surface area contributed by atoms with Gasteiger partial charge in [-0.3, -0.25) is 0 Å². The van der Waals surface area contributed by atoms with Crippen LogP contribution in [0, 0.1) is 0 Å². The monoisotopic (exact) mass is 468 g/mol. The molecule has 1 aliphatic rings. The third-order valence-corrected chi connectivity index (χ3v) is 4.61. The number of nitrogens with one attached hydrogen (secondary N) is 1. The van der Waals surface area contributed by atoms with Gasteiger partial charge in [0.05, 0.1) is 27.9 Å². The smallest absolute Gasteiger partial charge is 0.414 e. The number of esters is 1. The van der Waals surface area contributed by atoms with Crippen molar-refractivity contribution in [3.8, 4) is 17.2 Å². The second kappa shape index (κ2) is 15.5. The van der Waals surface area contributed by atoms with Crippen molar-refractivity contribution in [3.05, 3.63) is 23.8 Å². The molecule has 1 aromatic rings. The van der Waals surface area contributed by atoms with E-state index in [0.717, 1.165) is 45.6 Å². The molecule has 0 aromatic heterocycles. The number of hydrogen-bond acceptors (Lipinski definition) is 9. The van der Waals surface area contributed by atoms with Gasteiger partial charge >= 0.3 is 17.9 Å². The van der Waals surface area contributed by atoms with Crippen LogP contribution in [0.15, 0.2) is 18.2 Å². The van der Waals surface area contributed by atoms with Crippen LogP contribution in [0.3, 0.4) is 0 Å². The Morgan fingerprint density at radius 2 is 1.70 bits per heavy atom. The maximum Gasteiger partial charge on any atom is 0.414 e. The highest BCUT2D eigenvalue weighted by atomic mass is 16.5. The van der Waals surface area contributed by atoms with Crippen molar-refractivity contribution < 1.29 is 43.5 Å². The number of benzene rings is 1. The molecule has 0 bridgehead atoms. The molecule has 11 nitrogen and oxygen atoms in total. The zero-order chi connectivity index (χ0) is 24.6. The molecule has 0 spiro atoms. The van der Waals surface area contributed by atoms with Crippen LogP contribution in [-0.2, 0) is 19.1 Å². The first-order chi connectivity index (χ1) is 15.8.